The van der Waals surface area contributed by atoms with Crippen LogP contribution in [0.2, 0.25) is 0 Å². The van der Waals surface area contributed by atoms with E-state index in [1.165, 1.54) is 6.07 Å². The smallest absolute Gasteiger partial charge is 0.226 e. The fourth-order valence-electron chi connectivity index (χ4n) is 2.35. The van der Waals surface area contributed by atoms with Crippen molar-refractivity contribution < 1.29 is 13.7 Å². The van der Waals surface area contributed by atoms with Crippen molar-refractivity contribution >= 4 is 5.91 Å². The van der Waals surface area contributed by atoms with E-state index < -0.39 is 5.41 Å². The molecule has 124 valence electrons. The lowest BCUT2D eigenvalue weighted by molar-refractivity contribution is -0.121. The van der Waals surface area contributed by atoms with Gasteiger partial charge >= 0.3 is 0 Å². The Morgan fingerprint density at radius 1 is 1.35 bits per heavy atom. The summed E-state index contributed by atoms with van der Waals surface area (Å²) < 4.78 is 18.9. The first-order chi connectivity index (χ1) is 10.9. The lowest BCUT2D eigenvalue weighted by Crippen LogP contribution is -2.37. The molecule has 0 saturated heterocycles. The zero-order valence-corrected chi connectivity index (χ0v) is 13.7. The SMILES string of the molecule is Cc1noc(CCCC(=O)NCC(C)(C)c2ccccc2F)n1. The summed E-state index contributed by atoms with van der Waals surface area (Å²) in [7, 11) is 0. The zero-order valence-electron chi connectivity index (χ0n) is 13.7. The van der Waals surface area contributed by atoms with Crippen LogP contribution in [0.4, 0.5) is 4.39 Å². The highest BCUT2D eigenvalue weighted by Gasteiger charge is 2.24. The standard InChI is InChI=1S/C17H22FN3O2/c1-12-20-16(23-21-12)10-6-9-15(22)19-11-17(2,3)13-7-4-5-8-14(13)18/h4-5,7-8H,6,9-11H2,1-3H3,(H,19,22). The maximum absolute atomic E-state index is 13.9. The minimum atomic E-state index is -0.468. The lowest BCUT2D eigenvalue weighted by Gasteiger charge is -2.26. The van der Waals surface area contributed by atoms with Crippen LogP contribution in [0.15, 0.2) is 28.8 Å². The number of hydrogen-bond acceptors (Lipinski definition) is 4. The molecule has 0 unspecified atom stereocenters. The van der Waals surface area contributed by atoms with Gasteiger partial charge in [-0.05, 0) is 25.0 Å². The van der Waals surface area contributed by atoms with Gasteiger partial charge in [-0.1, -0.05) is 37.2 Å². The average molecular weight is 319 g/mol. The average Bonchev–Trinajstić information content (AvgIpc) is 2.91. The van der Waals surface area contributed by atoms with E-state index in [9.17, 15) is 9.18 Å². The lowest BCUT2D eigenvalue weighted by atomic mass is 9.84. The quantitative estimate of drug-likeness (QED) is 0.852. The van der Waals surface area contributed by atoms with Crippen molar-refractivity contribution in [2.75, 3.05) is 6.54 Å². The summed E-state index contributed by atoms with van der Waals surface area (Å²) in [5.74, 6) is 0.822. The molecule has 23 heavy (non-hydrogen) atoms. The van der Waals surface area contributed by atoms with Crippen molar-refractivity contribution in [1.82, 2.24) is 15.5 Å². The molecule has 0 atom stereocenters. The predicted octanol–water partition coefficient (Wildman–Crippen LogP) is 2.93. The number of halogens is 1. The van der Waals surface area contributed by atoms with E-state index in [4.69, 9.17) is 4.52 Å². The molecule has 2 aromatic rings. The van der Waals surface area contributed by atoms with Gasteiger partial charge in [-0.2, -0.15) is 4.98 Å². The third kappa shape index (κ3) is 4.87. The van der Waals surface area contributed by atoms with Crippen molar-refractivity contribution in [3.63, 3.8) is 0 Å². The highest BCUT2D eigenvalue weighted by molar-refractivity contribution is 5.76. The molecule has 6 heteroatoms. The molecule has 1 heterocycles. The van der Waals surface area contributed by atoms with Gasteiger partial charge < -0.3 is 9.84 Å². The Balaban J connectivity index is 1.78. The van der Waals surface area contributed by atoms with Crippen molar-refractivity contribution in [1.29, 1.82) is 0 Å². The molecule has 1 aromatic carbocycles. The van der Waals surface area contributed by atoms with Crippen LogP contribution in [0.5, 0.6) is 0 Å². The number of hydrogen-bond donors (Lipinski definition) is 1. The summed E-state index contributed by atoms with van der Waals surface area (Å²) in [6, 6.07) is 6.64. The molecule has 5 nitrogen and oxygen atoms in total. The highest BCUT2D eigenvalue weighted by Crippen LogP contribution is 2.24. The van der Waals surface area contributed by atoms with E-state index >= 15 is 0 Å². The molecule has 0 radical (unpaired) electrons. The van der Waals surface area contributed by atoms with Gasteiger partial charge in [-0.25, -0.2) is 4.39 Å². The number of aryl methyl sites for hydroxylation is 2. The summed E-state index contributed by atoms with van der Waals surface area (Å²) in [5.41, 5.74) is 0.131. The number of aromatic nitrogens is 2. The van der Waals surface area contributed by atoms with E-state index in [-0.39, 0.29) is 11.7 Å². The molecule has 0 spiro atoms. The molecule has 0 aliphatic heterocycles. The molecule has 1 aromatic heterocycles. The summed E-state index contributed by atoms with van der Waals surface area (Å²) in [4.78, 5) is 16.0. The first kappa shape index (κ1) is 17.1. The topological polar surface area (TPSA) is 68.0 Å². The second-order valence-electron chi connectivity index (χ2n) is 6.23. The number of rotatable bonds is 7. The number of carbonyl (C=O) groups excluding carboxylic acids is 1. The molecule has 0 fully saturated rings. The minimum Gasteiger partial charge on any atom is -0.355 e. The molecule has 0 saturated carbocycles. The van der Waals surface area contributed by atoms with Gasteiger partial charge in [0, 0.05) is 24.8 Å². The van der Waals surface area contributed by atoms with Crippen LogP contribution in [-0.2, 0) is 16.6 Å². The third-order valence-corrected chi connectivity index (χ3v) is 3.69. The van der Waals surface area contributed by atoms with E-state index in [0.717, 1.165) is 0 Å². The van der Waals surface area contributed by atoms with Crippen molar-refractivity contribution in [2.24, 2.45) is 0 Å². The van der Waals surface area contributed by atoms with E-state index in [0.29, 0.717) is 43.1 Å². The minimum absolute atomic E-state index is 0.0642. The molecular weight excluding hydrogens is 297 g/mol. The summed E-state index contributed by atoms with van der Waals surface area (Å²) in [5, 5.41) is 6.57. The van der Waals surface area contributed by atoms with Gasteiger partial charge in [0.15, 0.2) is 5.82 Å². The summed E-state index contributed by atoms with van der Waals surface area (Å²) in [6.45, 7) is 5.96. The fraction of sp³-hybridized carbons (Fsp3) is 0.471. The summed E-state index contributed by atoms with van der Waals surface area (Å²) in [6.07, 6.45) is 1.58. The Labute approximate surface area is 135 Å². The van der Waals surface area contributed by atoms with Crippen molar-refractivity contribution in [3.8, 4) is 0 Å². The van der Waals surface area contributed by atoms with Crippen LogP contribution < -0.4 is 5.32 Å². The van der Waals surface area contributed by atoms with Gasteiger partial charge in [0.05, 0.1) is 0 Å². The largest absolute Gasteiger partial charge is 0.355 e. The normalized spacial score (nSPS) is 11.5. The molecule has 0 aliphatic carbocycles. The van der Waals surface area contributed by atoms with Gasteiger partial charge in [0.2, 0.25) is 11.8 Å². The van der Waals surface area contributed by atoms with Gasteiger partial charge in [-0.3, -0.25) is 4.79 Å². The fourth-order valence-corrected chi connectivity index (χ4v) is 2.35. The van der Waals surface area contributed by atoms with Gasteiger partial charge in [-0.15, -0.1) is 0 Å². The van der Waals surface area contributed by atoms with Crippen LogP contribution in [0.3, 0.4) is 0 Å². The van der Waals surface area contributed by atoms with Crippen LogP contribution in [0.25, 0.3) is 0 Å². The summed E-state index contributed by atoms with van der Waals surface area (Å²) >= 11 is 0. The number of nitrogens with one attached hydrogen (secondary N) is 1. The predicted molar refractivity (Wildman–Crippen MR) is 84.4 cm³/mol. The number of carbonyl (C=O) groups is 1. The van der Waals surface area contributed by atoms with Crippen LogP contribution in [-0.4, -0.2) is 22.6 Å². The monoisotopic (exact) mass is 319 g/mol. The van der Waals surface area contributed by atoms with E-state index in [2.05, 4.69) is 15.5 Å². The maximum Gasteiger partial charge on any atom is 0.226 e. The molecule has 0 aliphatic rings. The Hall–Kier alpha value is -2.24. The first-order valence-corrected chi connectivity index (χ1v) is 7.69. The molecule has 1 N–H and O–H groups in total. The molecule has 2 rings (SSSR count). The molecule has 0 bridgehead atoms. The first-order valence-electron chi connectivity index (χ1n) is 7.69. The van der Waals surface area contributed by atoms with Crippen molar-refractivity contribution in [3.05, 3.63) is 47.4 Å². The zero-order chi connectivity index (χ0) is 16.9. The Morgan fingerprint density at radius 2 is 2.09 bits per heavy atom. The number of benzene rings is 1. The molecule has 1 amide bonds. The number of amides is 1. The third-order valence-electron chi connectivity index (χ3n) is 3.69. The highest BCUT2D eigenvalue weighted by atomic mass is 19.1. The van der Waals surface area contributed by atoms with Crippen LogP contribution in [0, 0.1) is 12.7 Å². The molecular formula is C17H22FN3O2. The Kier molecular flexibility index (Phi) is 5.47. The van der Waals surface area contributed by atoms with E-state index in [1.807, 2.05) is 13.8 Å². The maximum atomic E-state index is 13.9. The number of nitrogens with zero attached hydrogens (tertiary/aromatic N) is 2. The second kappa shape index (κ2) is 7.35. The van der Waals surface area contributed by atoms with Crippen LogP contribution in [0.1, 0.15) is 44.0 Å². The van der Waals surface area contributed by atoms with Gasteiger partial charge in [0.1, 0.15) is 5.82 Å². The van der Waals surface area contributed by atoms with Gasteiger partial charge in [0.25, 0.3) is 0 Å². The van der Waals surface area contributed by atoms with E-state index in [1.54, 1.807) is 25.1 Å². The Morgan fingerprint density at radius 3 is 2.74 bits per heavy atom. The van der Waals surface area contributed by atoms with Crippen molar-refractivity contribution in [2.45, 2.75) is 45.4 Å². The van der Waals surface area contributed by atoms with Crippen LogP contribution >= 0.6 is 0 Å². The second-order valence-corrected chi connectivity index (χ2v) is 6.23. The Bertz CT molecular complexity index is 667.